The summed E-state index contributed by atoms with van der Waals surface area (Å²) >= 11 is 0. The minimum atomic E-state index is -1.16. The highest BCUT2D eigenvalue weighted by Crippen LogP contribution is 2.23. The molecule has 4 nitrogen and oxygen atoms in total. The first-order valence-corrected chi connectivity index (χ1v) is 5.22. The van der Waals surface area contributed by atoms with Crippen molar-refractivity contribution in [2.75, 3.05) is 0 Å². The smallest absolute Gasteiger partial charge is 0.343 e. The van der Waals surface area contributed by atoms with Crippen molar-refractivity contribution in [1.29, 1.82) is 0 Å². The average Bonchev–Trinajstić information content (AvgIpc) is 2.37. The van der Waals surface area contributed by atoms with E-state index < -0.39 is 11.9 Å². The van der Waals surface area contributed by atoms with Gasteiger partial charge in [0.05, 0.1) is 17.4 Å². The Morgan fingerprint density at radius 1 is 1.17 bits per heavy atom. The summed E-state index contributed by atoms with van der Waals surface area (Å²) in [4.78, 5) is 23.0. The van der Waals surface area contributed by atoms with E-state index in [1.807, 2.05) is 0 Å². The van der Waals surface area contributed by atoms with Crippen LogP contribution in [0.15, 0.2) is 49.2 Å². The van der Waals surface area contributed by atoms with Crippen LogP contribution in [0.2, 0.25) is 0 Å². The molecule has 18 heavy (non-hydrogen) atoms. The molecule has 90 valence electrons. The van der Waals surface area contributed by atoms with Crippen LogP contribution < -0.4 is 0 Å². The lowest BCUT2D eigenvalue weighted by molar-refractivity contribution is 0.0634. The van der Waals surface area contributed by atoms with Crippen molar-refractivity contribution in [3.8, 4) is 0 Å². The van der Waals surface area contributed by atoms with E-state index in [2.05, 4.69) is 11.3 Å². The number of carboxylic acids is 1. The summed E-state index contributed by atoms with van der Waals surface area (Å²) in [5.74, 6) is -1.89. The average molecular weight is 242 g/mol. The van der Waals surface area contributed by atoms with E-state index >= 15 is 0 Å². The fourth-order valence-electron chi connectivity index (χ4n) is 1.81. The van der Waals surface area contributed by atoms with Crippen LogP contribution in [-0.4, -0.2) is 17.0 Å². The Kier molecular flexibility index (Phi) is 3.10. The largest absolute Gasteiger partial charge is 0.478 e. The summed E-state index contributed by atoms with van der Waals surface area (Å²) in [7, 11) is 0. The number of carboxylic acid groups (broad SMARTS) is 1. The van der Waals surface area contributed by atoms with Crippen molar-refractivity contribution in [2.45, 2.75) is 0 Å². The molecule has 2 rings (SSSR count). The van der Waals surface area contributed by atoms with E-state index in [4.69, 9.17) is 0 Å². The minimum absolute atomic E-state index is 0.0149. The van der Waals surface area contributed by atoms with Gasteiger partial charge in [-0.15, -0.1) is 0 Å². The second-order valence-corrected chi connectivity index (χ2v) is 3.59. The quantitative estimate of drug-likeness (QED) is 0.664. The van der Waals surface area contributed by atoms with Gasteiger partial charge in [-0.2, -0.15) is 0 Å². The van der Waals surface area contributed by atoms with E-state index in [0.29, 0.717) is 5.39 Å². The Bertz CT molecular complexity index is 643. The lowest BCUT2D eigenvalue weighted by atomic mass is 9.99. The minimum Gasteiger partial charge on any atom is -0.478 e. The summed E-state index contributed by atoms with van der Waals surface area (Å²) in [5, 5.41) is 10.5. The SMILES string of the molecule is C=COC(=O)c1ccc2ccccc2c1C(=O)O. The summed E-state index contributed by atoms with van der Waals surface area (Å²) in [6, 6.07) is 10.1. The number of ether oxygens (including phenoxy) is 1. The van der Waals surface area contributed by atoms with Crippen LogP contribution in [0.25, 0.3) is 10.8 Å². The molecule has 0 unspecified atom stereocenters. The fraction of sp³-hybridized carbons (Fsp3) is 0. The maximum atomic E-state index is 11.7. The molecule has 2 aromatic carbocycles. The summed E-state index contributed by atoms with van der Waals surface area (Å²) < 4.78 is 4.63. The maximum Gasteiger partial charge on any atom is 0.343 e. The number of benzene rings is 2. The van der Waals surface area contributed by atoms with Crippen molar-refractivity contribution in [3.63, 3.8) is 0 Å². The lowest BCUT2D eigenvalue weighted by Crippen LogP contribution is -2.10. The van der Waals surface area contributed by atoms with E-state index in [9.17, 15) is 14.7 Å². The monoisotopic (exact) mass is 242 g/mol. The van der Waals surface area contributed by atoms with Gasteiger partial charge < -0.3 is 9.84 Å². The van der Waals surface area contributed by atoms with Crippen molar-refractivity contribution in [1.82, 2.24) is 0 Å². The van der Waals surface area contributed by atoms with Gasteiger partial charge in [-0.25, -0.2) is 9.59 Å². The number of carbonyl (C=O) groups excluding carboxylic acids is 1. The first-order valence-electron chi connectivity index (χ1n) is 5.22. The van der Waals surface area contributed by atoms with Crippen molar-refractivity contribution in [2.24, 2.45) is 0 Å². The van der Waals surface area contributed by atoms with Crippen LogP contribution in [0.5, 0.6) is 0 Å². The van der Waals surface area contributed by atoms with Gasteiger partial charge in [0.1, 0.15) is 0 Å². The molecule has 1 N–H and O–H groups in total. The van der Waals surface area contributed by atoms with E-state index in [1.165, 1.54) is 6.07 Å². The molecule has 0 aliphatic heterocycles. The van der Waals surface area contributed by atoms with Gasteiger partial charge in [0.25, 0.3) is 0 Å². The Balaban J connectivity index is 2.74. The van der Waals surface area contributed by atoms with Gasteiger partial charge in [-0.3, -0.25) is 0 Å². The summed E-state index contributed by atoms with van der Waals surface area (Å²) in [5.41, 5.74) is -0.0407. The molecule has 0 saturated heterocycles. The molecule has 4 heteroatoms. The van der Waals surface area contributed by atoms with Crippen molar-refractivity contribution < 1.29 is 19.4 Å². The number of esters is 1. The zero-order chi connectivity index (χ0) is 13.1. The molecule has 0 spiro atoms. The molecule has 2 aromatic rings. The zero-order valence-electron chi connectivity index (χ0n) is 9.42. The van der Waals surface area contributed by atoms with E-state index in [0.717, 1.165) is 11.6 Å². The lowest BCUT2D eigenvalue weighted by Gasteiger charge is -2.07. The Labute approximate surface area is 103 Å². The molecule has 0 bridgehead atoms. The van der Waals surface area contributed by atoms with Gasteiger partial charge in [0, 0.05) is 0 Å². The Morgan fingerprint density at radius 3 is 2.56 bits per heavy atom. The summed E-state index contributed by atoms with van der Waals surface area (Å²) in [6.45, 7) is 3.27. The van der Waals surface area contributed by atoms with Crippen LogP contribution in [0.3, 0.4) is 0 Å². The Morgan fingerprint density at radius 2 is 1.89 bits per heavy atom. The number of hydrogen-bond donors (Lipinski definition) is 1. The second kappa shape index (κ2) is 4.71. The highest BCUT2D eigenvalue weighted by Gasteiger charge is 2.20. The number of aromatic carboxylic acids is 1. The third-order valence-electron chi connectivity index (χ3n) is 2.55. The second-order valence-electron chi connectivity index (χ2n) is 3.59. The Hall–Kier alpha value is -2.62. The predicted octanol–water partition coefficient (Wildman–Crippen LogP) is 2.84. The van der Waals surface area contributed by atoms with Crippen LogP contribution in [-0.2, 0) is 4.74 Å². The topological polar surface area (TPSA) is 63.6 Å². The van der Waals surface area contributed by atoms with E-state index in [1.54, 1.807) is 30.3 Å². The third kappa shape index (κ3) is 1.96. The highest BCUT2D eigenvalue weighted by molar-refractivity contribution is 6.12. The standard InChI is InChI=1S/C14H10O4/c1-2-18-14(17)11-8-7-9-5-3-4-6-10(9)12(11)13(15)16/h2-8H,1H2,(H,15,16). The number of hydrogen-bond acceptors (Lipinski definition) is 3. The zero-order valence-corrected chi connectivity index (χ0v) is 9.42. The van der Waals surface area contributed by atoms with Crippen LogP contribution in [0.4, 0.5) is 0 Å². The van der Waals surface area contributed by atoms with Gasteiger partial charge in [0.15, 0.2) is 0 Å². The van der Waals surface area contributed by atoms with Gasteiger partial charge in [0.2, 0.25) is 0 Å². The molecular formula is C14H10O4. The highest BCUT2D eigenvalue weighted by atomic mass is 16.5. The normalized spacial score (nSPS) is 10.0. The molecule has 0 aromatic heterocycles. The molecule has 0 atom stereocenters. The molecule has 0 aliphatic carbocycles. The first-order chi connectivity index (χ1) is 8.65. The van der Waals surface area contributed by atoms with Crippen molar-refractivity contribution >= 4 is 22.7 Å². The molecule has 0 amide bonds. The number of fused-ring (bicyclic) bond motifs is 1. The first kappa shape index (κ1) is 11.9. The number of rotatable bonds is 3. The van der Waals surface area contributed by atoms with Gasteiger partial charge >= 0.3 is 11.9 Å². The van der Waals surface area contributed by atoms with Gasteiger partial charge in [-0.1, -0.05) is 36.9 Å². The van der Waals surface area contributed by atoms with Crippen LogP contribution >= 0.6 is 0 Å². The third-order valence-corrected chi connectivity index (χ3v) is 2.55. The van der Waals surface area contributed by atoms with Gasteiger partial charge in [-0.05, 0) is 16.8 Å². The molecular weight excluding hydrogens is 232 g/mol. The molecule has 0 fully saturated rings. The van der Waals surface area contributed by atoms with Crippen LogP contribution in [0, 0.1) is 0 Å². The molecule has 0 saturated carbocycles. The summed E-state index contributed by atoms with van der Waals surface area (Å²) in [6.07, 6.45) is 0.975. The van der Waals surface area contributed by atoms with Crippen molar-refractivity contribution in [3.05, 3.63) is 60.4 Å². The van der Waals surface area contributed by atoms with Crippen LogP contribution in [0.1, 0.15) is 20.7 Å². The molecule has 0 radical (unpaired) electrons. The maximum absolute atomic E-state index is 11.7. The number of carbonyl (C=O) groups is 2. The van der Waals surface area contributed by atoms with E-state index in [-0.39, 0.29) is 11.1 Å². The molecule has 0 aliphatic rings. The predicted molar refractivity (Wildman–Crippen MR) is 66.5 cm³/mol. The molecule has 0 heterocycles. The fourth-order valence-corrected chi connectivity index (χ4v) is 1.81.